The molecule has 0 spiro atoms. The van der Waals surface area contributed by atoms with E-state index in [9.17, 15) is 0 Å². The fraction of sp³-hybridized carbons (Fsp3) is 0.185. The second-order valence-corrected chi connectivity index (χ2v) is 9.98. The summed E-state index contributed by atoms with van der Waals surface area (Å²) in [5.41, 5.74) is 4.02. The summed E-state index contributed by atoms with van der Waals surface area (Å²) < 4.78 is 4.68. The quantitative estimate of drug-likeness (QED) is 0.296. The van der Waals surface area contributed by atoms with Gasteiger partial charge in [-0.1, -0.05) is 87.4 Å². The van der Waals surface area contributed by atoms with Gasteiger partial charge < -0.3 is 0 Å². The highest BCUT2D eigenvalue weighted by Crippen LogP contribution is 2.37. The summed E-state index contributed by atoms with van der Waals surface area (Å²) in [6, 6.07) is 20.9. The van der Waals surface area contributed by atoms with Crippen LogP contribution in [-0.4, -0.2) is 11.3 Å². The van der Waals surface area contributed by atoms with E-state index in [0.717, 1.165) is 6.04 Å². The van der Waals surface area contributed by atoms with Crippen molar-refractivity contribution in [1.82, 2.24) is 0 Å². The first-order valence-electron chi connectivity index (χ1n) is 10.1. The number of aryl methyl sites for hydroxylation is 1. The van der Waals surface area contributed by atoms with Crippen molar-refractivity contribution in [3.63, 3.8) is 0 Å². The van der Waals surface area contributed by atoms with Crippen molar-refractivity contribution < 1.29 is 4.58 Å². The Labute approximate surface area is 175 Å². The Morgan fingerprint density at radius 1 is 0.931 bits per heavy atom. The first kappa shape index (κ1) is 18.2. The van der Waals surface area contributed by atoms with Gasteiger partial charge in [-0.05, 0) is 43.8 Å². The molecular formula is C27H25NS. The molecule has 0 radical (unpaired) electrons. The summed E-state index contributed by atoms with van der Waals surface area (Å²) in [5.74, 6) is 0. The SMILES string of the molecule is C=[N+]1C=c2c(sc3ccccc23)=C[C-]1c1cc(C(C)(C)C)c2ccccc2c1C. The van der Waals surface area contributed by atoms with Crippen molar-refractivity contribution in [2.75, 3.05) is 0 Å². The summed E-state index contributed by atoms with van der Waals surface area (Å²) >= 11 is 1.86. The lowest BCUT2D eigenvalue weighted by Crippen LogP contribution is -2.30. The van der Waals surface area contributed by atoms with Gasteiger partial charge in [0.05, 0.1) is 6.72 Å². The van der Waals surface area contributed by atoms with Crippen LogP contribution < -0.4 is 9.75 Å². The molecule has 0 aliphatic carbocycles. The van der Waals surface area contributed by atoms with Gasteiger partial charge in [-0.25, -0.2) is 0 Å². The molecule has 5 rings (SSSR count). The largest absolute Gasteiger partial charge is 0.254 e. The number of hydrogen-bond donors (Lipinski definition) is 0. The third kappa shape index (κ3) is 2.82. The molecule has 0 saturated carbocycles. The normalized spacial score (nSPS) is 14.1. The molecule has 144 valence electrons. The zero-order valence-electron chi connectivity index (χ0n) is 17.4. The van der Waals surface area contributed by atoms with Gasteiger partial charge in [0.25, 0.3) is 0 Å². The minimum Gasteiger partial charge on any atom is -0.254 e. The maximum atomic E-state index is 4.37. The molecule has 0 N–H and O–H groups in total. The second-order valence-electron chi connectivity index (χ2n) is 8.90. The Morgan fingerprint density at radius 2 is 1.59 bits per heavy atom. The molecule has 0 fully saturated rings. The summed E-state index contributed by atoms with van der Waals surface area (Å²) in [6.07, 6.45) is 4.51. The molecule has 0 saturated heterocycles. The molecule has 1 aromatic heterocycles. The van der Waals surface area contributed by atoms with Crippen LogP contribution in [0.25, 0.3) is 33.1 Å². The third-order valence-corrected chi connectivity index (χ3v) is 7.06. The van der Waals surface area contributed by atoms with Crippen LogP contribution in [0.1, 0.15) is 37.5 Å². The maximum Gasteiger partial charge on any atom is 0.148 e. The van der Waals surface area contributed by atoms with Gasteiger partial charge in [-0.3, -0.25) is 4.58 Å². The highest BCUT2D eigenvalue weighted by Gasteiger charge is 2.24. The maximum absolute atomic E-state index is 4.37. The lowest BCUT2D eigenvalue weighted by molar-refractivity contribution is -0.376. The highest BCUT2D eigenvalue weighted by atomic mass is 32.1. The van der Waals surface area contributed by atoms with Crippen molar-refractivity contribution in [2.24, 2.45) is 0 Å². The van der Waals surface area contributed by atoms with Crippen LogP contribution in [-0.2, 0) is 5.41 Å². The number of fused-ring (bicyclic) bond motifs is 4. The van der Waals surface area contributed by atoms with Gasteiger partial charge in [-0.15, -0.1) is 0 Å². The summed E-state index contributed by atoms with van der Waals surface area (Å²) in [7, 11) is 0. The van der Waals surface area contributed by atoms with Gasteiger partial charge in [-0.2, -0.15) is 11.3 Å². The predicted molar refractivity (Wildman–Crippen MR) is 127 cm³/mol. The van der Waals surface area contributed by atoms with E-state index < -0.39 is 0 Å². The smallest absolute Gasteiger partial charge is 0.148 e. The summed E-state index contributed by atoms with van der Waals surface area (Å²) in [6.45, 7) is 13.5. The molecule has 1 aliphatic heterocycles. The Morgan fingerprint density at radius 3 is 2.31 bits per heavy atom. The standard InChI is InChI=1S/C27H25NS/c1-17-18-10-6-7-11-19(18)23(27(2,3)4)14-21(17)24-15-26-22(16-28(24)5)20-12-8-9-13-25(20)29-26/h6-16H,5H2,1-4H3. The van der Waals surface area contributed by atoms with E-state index in [1.807, 2.05) is 15.9 Å². The van der Waals surface area contributed by atoms with Gasteiger partial charge >= 0.3 is 0 Å². The average molecular weight is 396 g/mol. The van der Waals surface area contributed by atoms with E-state index >= 15 is 0 Å². The van der Waals surface area contributed by atoms with E-state index in [2.05, 4.69) is 101 Å². The second kappa shape index (κ2) is 6.33. The van der Waals surface area contributed by atoms with Gasteiger partial charge in [0.15, 0.2) is 0 Å². The lowest BCUT2D eigenvalue weighted by atomic mass is 9.80. The fourth-order valence-corrected chi connectivity index (χ4v) is 5.51. The molecule has 2 heteroatoms. The molecule has 0 unspecified atom stereocenters. The van der Waals surface area contributed by atoms with Crippen LogP contribution in [0.4, 0.5) is 0 Å². The van der Waals surface area contributed by atoms with Crippen LogP contribution in [0.2, 0.25) is 0 Å². The minimum atomic E-state index is 0.0652. The number of hydrogen-bond acceptors (Lipinski definition) is 1. The van der Waals surface area contributed by atoms with Crippen molar-refractivity contribution in [3.8, 4) is 0 Å². The van der Waals surface area contributed by atoms with Crippen molar-refractivity contribution in [2.45, 2.75) is 33.1 Å². The van der Waals surface area contributed by atoms with E-state index in [4.69, 9.17) is 0 Å². The summed E-state index contributed by atoms with van der Waals surface area (Å²) in [5, 5.41) is 5.26. The van der Waals surface area contributed by atoms with Crippen molar-refractivity contribution >= 4 is 51.2 Å². The van der Waals surface area contributed by atoms with E-state index in [1.165, 1.54) is 47.3 Å². The van der Waals surface area contributed by atoms with Crippen LogP contribution in [0.5, 0.6) is 0 Å². The molecule has 1 aliphatic rings. The van der Waals surface area contributed by atoms with Crippen molar-refractivity contribution in [3.05, 3.63) is 87.1 Å². The van der Waals surface area contributed by atoms with Crippen LogP contribution in [0, 0.1) is 13.0 Å². The van der Waals surface area contributed by atoms with E-state index in [1.54, 1.807) is 0 Å². The van der Waals surface area contributed by atoms with Crippen molar-refractivity contribution in [1.29, 1.82) is 0 Å². The topological polar surface area (TPSA) is 3.01 Å². The summed E-state index contributed by atoms with van der Waals surface area (Å²) in [4.78, 5) is 0. The molecule has 29 heavy (non-hydrogen) atoms. The number of nitrogens with zero attached hydrogens (tertiary/aromatic N) is 1. The Bertz CT molecular complexity index is 1410. The third-order valence-electron chi connectivity index (χ3n) is 5.92. The molecule has 3 aromatic carbocycles. The molecule has 0 amide bonds. The zero-order chi connectivity index (χ0) is 20.3. The van der Waals surface area contributed by atoms with E-state index in [-0.39, 0.29) is 5.41 Å². The zero-order valence-corrected chi connectivity index (χ0v) is 18.2. The molecule has 4 aromatic rings. The molecule has 0 atom stereocenters. The first-order valence-corrected chi connectivity index (χ1v) is 10.9. The first-order chi connectivity index (χ1) is 13.8. The number of thiophene rings is 1. The number of rotatable bonds is 1. The molecule has 1 nitrogen and oxygen atoms in total. The highest BCUT2D eigenvalue weighted by molar-refractivity contribution is 7.17. The lowest BCUT2D eigenvalue weighted by Gasteiger charge is -2.28. The Kier molecular flexibility index (Phi) is 3.97. The minimum absolute atomic E-state index is 0.0652. The van der Waals surface area contributed by atoms with Crippen LogP contribution in [0.15, 0.2) is 54.6 Å². The molecule has 2 heterocycles. The average Bonchev–Trinajstić information content (AvgIpc) is 3.05. The van der Waals surface area contributed by atoms with Gasteiger partial charge in [0, 0.05) is 9.92 Å². The van der Waals surface area contributed by atoms with E-state index in [0.29, 0.717) is 0 Å². The Hall–Kier alpha value is -2.84. The molecular weight excluding hydrogens is 370 g/mol. The fourth-order valence-electron chi connectivity index (χ4n) is 4.40. The monoisotopic (exact) mass is 395 g/mol. The molecule has 0 bridgehead atoms. The van der Waals surface area contributed by atoms with Crippen LogP contribution in [0.3, 0.4) is 0 Å². The predicted octanol–water partition coefficient (Wildman–Crippen LogP) is 5.49. The van der Waals surface area contributed by atoms with Gasteiger partial charge in [0.2, 0.25) is 0 Å². The van der Waals surface area contributed by atoms with Gasteiger partial charge in [0.1, 0.15) is 12.2 Å². The van der Waals surface area contributed by atoms with Crippen LogP contribution >= 0.6 is 11.3 Å². The Balaban J connectivity index is 1.80. The number of benzene rings is 3.